The summed E-state index contributed by atoms with van der Waals surface area (Å²) in [6, 6.07) is 15.5. The monoisotopic (exact) mass is 398 g/mol. The zero-order valence-electron chi connectivity index (χ0n) is 13.8. The van der Waals surface area contributed by atoms with Gasteiger partial charge < -0.3 is 10.2 Å². The Morgan fingerprint density at radius 3 is 2.52 bits per heavy atom. The molecule has 4 rings (SSSR count). The van der Waals surface area contributed by atoms with E-state index in [-0.39, 0.29) is 11.8 Å². The second kappa shape index (κ2) is 6.30. The first-order valence-corrected chi connectivity index (χ1v) is 9.36. The number of hydrogen-bond acceptors (Lipinski definition) is 2. The number of nitrogens with one attached hydrogen (secondary N) is 1. The summed E-state index contributed by atoms with van der Waals surface area (Å²) in [5.41, 5.74) is 2.23. The number of benzene rings is 2. The largest absolute Gasteiger partial charge is 0.325 e. The van der Waals surface area contributed by atoms with E-state index in [1.165, 1.54) is 0 Å². The molecule has 2 aliphatic rings. The quantitative estimate of drug-likeness (QED) is 0.836. The van der Waals surface area contributed by atoms with Crippen molar-refractivity contribution >= 4 is 39.1 Å². The molecule has 2 amide bonds. The van der Waals surface area contributed by atoms with Crippen molar-refractivity contribution in [3.05, 3.63) is 58.6 Å². The summed E-state index contributed by atoms with van der Waals surface area (Å²) in [6.45, 7) is 0.749. The lowest BCUT2D eigenvalue weighted by molar-refractivity contribution is -0.118. The normalized spacial score (nSPS) is 18.3. The summed E-state index contributed by atoms with van der Waals surface area (Å²) in [6.07, 6.45) is 3.22. The fraction of sp³-hybridized carbons (Fsp3) is 0.300. The number of rotatable bonds is 4. The number of amides is 2. The minimum Gasteiger partial charge on any atom is -0.325 e. The Bertz CT molecular complexity index is 828. The van der Waals surface area contributed by atoms with Crippen molar-refractivity contribution in [2.24, 2.45) is 0 Å². The maximum atomic E-state index is 12.9. The van der Waals surface area contributed by atoms with E-state index in [1.807, 2.05) is 48.5 Å². The van der Waals surface area contributed by atoms with Crippen molar-refractivity contribution < 1.29 is 9.59 Å². The predicted octanol–water partition coefficient (Wildman–Crippen LogP) is 4.25. The predicted molar refractivity (Wildman–Crippen MR) is 102 cm³/mol. The second-order valence-electron chi connectivity index (χ2n) is 6.74. The van der Waals surface area contributed by atoms with Gasteiger partial charge in [-0.2, -0.15) is 0 Å². The highest BCUT2D eigenvalue weighted by atomic mass is 79.9. The van der Waals surface area contributed by atoms with Crippen molar-refractivity contribution in [3.8, 4) is 0 Å². The maximum absolute atomic E-state index is 12.9. The van der Waals surface area contributed by atoms with E-state index in [4.69, 9.17) is 0 Å². The number of nitrogens with zero attached hydrogens (tertiary/aromatic N) is 1. The van der Waals surface area contributed by atoms with Crippen molar-refractivity contribution in [3.63, 3.8) is 0 Å². The minimum atomic E-state index is -0.416. The van der Waals surface area contributed by atoms with Gasteiger partial charge in [0, 0.05) is 28.8 Å². The summed E-state index contributed by atoms with van der Waals surface area (Å²) < 4.78 is 1.01. The molecule has 0 bridgehead atoms. The van der Waals surface area contributed by atoms with Crippen LogP contribution >= 0.6 is 15.9 Å². The van der Waals surface area contributed by atoms with Gasteiger partial charge in [0.25, 0.3) is 0 Å². The first-order valence-electron chi connectivity index (χ1n) is 8.56. The van der Waals surface area contributed by atoms with Crippen LogP contribution < -0.4 is 10.2 Å². The molecular weight excluding hydrogens is 380 g/mol. The zero-order valence-corrected chi connectivity index (χ0v) is 15.4. The topological polar surface area (TPSA) is 49.4 Å². The third-order valence-corrected chi connectivity index (χ3v) is 5.60. The molecule has 5 heteroatoms. The highest BCUT2D eigenvalue weighted by Crippen LogP contribution is 2.49. The van der Waals surface area contributed by atoms with Gasteiger partial charge >= 0.3 is 0 Å². The molecule has 4 nitrogen and oxygen atoms in total. The Morgan fingerprint density at radius 1 is 1.12 bits per heavy atom. The summed E-state index contributed by atoms with van der Waals surface area (Å²) in [7, 11) is 0. The van der Waals surface area contributed by atoms with Gasteiger partial charge in [-0.05, 0) is 55.2 Å². The molecule has 1 saturated heterocycles. The molecule has 1 aliphatic heterocycles. The average molecular weight is 399 g/mol. The number of halogens is 1. The smallest absolute Gasteiger partial charge is 0.235 e. The summed E-state index contributed by atoms with van der Waals surface area (Å²) in [4.78, 5) is 26.6. The van der Waals surface area contributed by atoms with E-state index in [2.05, 4.69) is 21.2 Å². The lowest BCUT2D eigenvalue weighted by atomic mass is 9.95. The van der Waals surface area contributed by atoms with Crippen LogP contribution in [0.25, 0.3) is 0 Å². The van der Waals surface area contributed by atoms with Gasteiger partial charge in [-0.3, -0.25) is 9.59 Å². The summed E-state index contributed by atoms with van der Waals surface area (Å²) >= 11 is 3.44. The van der Waals surface area contributed by atoms with Gasteiger partial charge in [0.2, 0.25) is 11.8 Å². The molecule has 25 heavy (non-hydrogen) atoms. The standard InChI is InChI=1S/C20H19BrN2O2/c21-15-8-6-14(7-9-15)20(10-11-20)19(25)22-16-3-1-4-17(13-16)23-12-2-5-18(23)24/h1,3-4,6-9,13H,2,5,10-12H2,(H,22,25). The summed E-state index contributed by atoms with van der Waals surface area (Å²) in [5, 5.41) is 3.05. The van der Waals surface area contributed by atoms with E-state index < -0.39 is 5.41 Å². The van der Waals surface area contributed by atoms with Gasteiger partial charge in [0.15, 0.2) is 0 Å². The van der Waals surface area contributed by atoms with E-state index in [9.17, 15) is 9.59 Å². The van der Waals surface area contributed by atoms with Crippen molar-refractivity contribution in [1.29, 1.82) is 0 Å². The van der Waals surface area contributed by atoms with Gasteiger partial charge in [-0.1, -0.05) is 34.1 Å². The zero-order chi connectivity index (χ0) is 17.4. The number of carbonyl (C=O) groups excluding carboxylic acids is 2. The molecule has 1 heterocycles. The lowest BCUT2D eigenvalue weighted by Crippen LogP contribution is -2.28. The van der Waals surface area contributed by atoms with Crippen LogP contribution in [0, 0.1) is 0 Å². The summed E-state index contributed by atoms with van der Waals surface area (Å²) in [5.74, 6) is 0.178. The van der Waals surface area contributed by atoms with Crippen LogP contribution in [0.1, 0.15) is 31.2 Å². The fourth-order valence-corrected chi connectivity index (χ4v) is 3.73. The molecule has 0 atom stereocenters. The Kier molecular flexibility index (Phi) is 4.12. The Morgan fingerprint density at radius 2 is 1.88 bits per heavy atom. The molecule has 1 N–H and O–H groups in total. The van der Waals surface area contributed by atoms with Crippen molar-refractivity contribution in [2.75, 3.05) is 16.8 Å². The second-order valence-corrected chi connectivity index (χ2v) is 7.66. The third-order valence-electron chi connectivity index (χ3n) is 5.07. The molecule has 0 unspecified atom stereocenters. The molecule has 1 saturated carbocycles. The van der Waals surface area contributed by atoms with Crippen LogP contribution in [-0.4, -0.2) is 18.4 Å². The average Bonchev–Trinajstić information content (AvgIpc) is 3.31. The molecule has 0 spiro atoms. The number of carbonyl (C=O) groups is 2. The molecule has 2 aromatic rings. The van der Waals surface area contributed by atoms with Crippen LogP contribution in [0.3, 0.4) is 0 Å². The van der Waals surface area contributed by atoms with Crippen LogP contribution in [0.2, 0.25) is 0 Å². The van der Waals surface area contributed by atoms with E-state index in [0.717, 1.165) is 47.2 Å². The molecule has 128 valence electrons. The highest BCUT2D eigenvalue weighted by Gasteiger charge is 2.51. The van der Waals surface area contributed by atoms with E-state index in [1.54, 1.807) is 4.90 Å². The molecule has 2 fully saturated rings. The van der Waals surface area contributed by atoms with Crippen LogP contribution in [-0.2, 0) is 15.0 Å². The Labute approximate surface area is 155 Å². The third kappa shape index (κ3) is 3.09. The van der Waals surface area contributed by atoms with Gasteiger partial charge in [0.05, 0.1) is 5.41 Å². The first kappa shape index (κ1) is 16.3. The molecular formula is C20H19BrN2O2. The van der Waals surface area contributed by atoms with Crippen LogP contribution in [0.5, 0.6) is 0 Å². The molecule has 0 radical (unpaired) electrons. The van der Waals surface area contributed by atoms with Crippen LogP contribution in [0.15, 0.2) is 53.0 Å². The van der Waals surface area contributed by atoms with Crippen molar-refractivity contribution in [1.82, 2.24) is 0 Å². The van der Waals surface area contributed by atoms with Gasteiger partial charge in [0.1, 0.15) is 0 Å². The molecule has 0 aromatic heterocycles. The molecule has 1 aliphatic carbocycles. The molecule has 2 aromatic carbocycles. The fourth-order valence-electron chi connectivity index (χ4n) is 3.46. The van der Waals surface area contributed by atoms with E-state index in [0.29, 0.717) is 6.42 Å². The Balaban J connectivity index is 1.53. The number of hydrogen-bond donors (Lipinski definition) is 1. The Hall–Kier alpha value is -2.14. The first-order chi connectivity index (χ1) is 12.1. The SMILES string of the molecule is O=C1CCCN1c1cccc(NC(=O)C2(c3ccc(Br)cc3)CC2)c1. The lowest BCUT2D eigenvalue weighted by Gasteiger charge is -2.19. The number of anilines is 2. The van der Waals surface area contributed by atoms with Crippen molar-refractivity contribution in [2.45, 2.75) is 31.1 Å². The van der Waals surface area contributed by atoms with Gasteiger partial charge in [-0.15, -0.1) is 0 Å². The maximum Gasteiger partial charge on any atom is 0.235 e. The minimum absolute atomic E-state index is 0.0275. The van der Waals surface area contributed by atoms with Crippen LogP contribution in [0.4, 0.5) is 11.4 Å². The van der Waals surface area contributed by atoms with Gasteiger partial charge in [-0.25, -0.2) is 0 Å². The van der Waals surface area contributed by atoms with E-state index >= 15 is 0 Å². The highest BCUT2D eigenvalue weighted by molar-refractivity contribution is 9.10.